The normalized spacial score (nSPS) is 11.1. The van der Waals surface area contributed by atoms with Gasteiger partial charge in [0.25, 0.3) is 0 Å². The van der Waals surface area contributed by atoms with E-state index in [9.17, 15) is 10.1 Å². The number of hydrogen-bond acceptors (Lipinski definition) is 8. The number of hydrogen-bond donors (Lipinski definition) is 2. The summed E-state index contributed by atoms with van der Waals surface area (Å²) in [5.74, 6) is 0.838. The molecule has 0 saturated heterocycles. The maximum Gasteiger partial charge on any atom is 0.353 e. The number of nitrogens with zero attached hydrogens (tertiary/aromatic N) is 4. The Morgan fingerprint density at radius 1 is 1.27 bits per heavy atom. The molecule has 0 amide bonds. The second kappa shape index (κ2) is 7.61. The average molecular weight is 372 g/mol. The zero-order chi connectivity index (χ0) is 18.7. The minimum absolute atomic E-state index is 0.132. The molecule has 9 heteroatoms. The first-order valence-electron chi connectivity index (χ1n) is 8.31. The molecule has 0 spiro atoms. The number of aromatic nitrogens is 3. The van der Waals surface area contributed by atoms with E-state index in [1.165, 1.54) is 17.7 Å². The van der Waals surface area contributed by atoms with E-state index in [2.05, 4.69) is 39.4 Å². The number of nitro groups is 1. The fraction of sp³-hybridized carbons (Fsp3) is 0.353. The molecule has 8 nitrogen and oxygen atoms in total. The van der Waals surface area contributed by atoms with E-state index in [4.69, 9.17) is 0 Å². The van der Waals surface area contributed by atoms with Crippen molar-refractivity contribution in [2.24, 2.45) is 5.92 Å². The first-order valence-corrected chi connectivity index (χ1v) is 9.13. The van der Waals surface area contributed by atoms with E-state index in [1.807, 2.05) is 25.1 Å². The summed E-state index contributed by atoms with van der Waals surface area (Å²) >= 11 is 1.43. The summed E-state index contributed by atoms with van der Waals surface area (Å²) in [5.41, 5.74) is 1.80. The van der Waals surface area contributed by atoms with Crippen molar-refractivity contribution in [3.8, 4) is 0 Å². The molecule has 26 heavy (non-hydrogen) atoms. The number of thiazole rings is 1. The lowest BCUT2D eigenvalue weighted by molar-refractivity contribution is -0.383. The number of fused-ring (bicyclic) bond motifs is 1. The molecule has 0 radical (unpaired) electrons. The van der Waals surface area contributed by atoms with Crippen LogP contribution in [0.3, 0.4) is 0 Å². The third-order valence-corrected chi connectivity index (χ3v) is 4.72. The number of rotatable bonds is 7. The van der Waals surface area contributed by atoms with Crippen molar-refractivity contribution in [2.75, 3.05) is 17.2 Å². The van der Waals surface area contributed by atoms with Crippen LogP contribution in [-0.2, 0) is 0 Å². The van der Waals surface area contributed by atoms with Crippen molar-refractivity contribution < 1.29 is 4.92 Å². The summed E-state index contributed by atoms with van der Waals surface area (Å²) < 4.78 is 1.01. The lowest BCUT2D eigenvalue weighted by Gasteiger charge is -2.09. The van der Waals surface area contributed by atoms with Gasteiger partial charge in [0.1, 0.15) is 6.33 Å². The van der Waals surface area contributed by atoms with Gasteiger partial charge in [-0.15, -0.1) is 0 Å². The van der Waals surface area contributed by atoms with E-state index < -0.39 is 4.92 Å². The SMILES string of the molecule is Cc1ccc2nc(Nc3ncnc(NCCC(C)C)c3[N+](=O)[O-])sc2c1. The second-order valence-electron chi connectivity index (χ2n) is 6.40. The predicted octanol–water partition coefficient (Wildman–Crippen LogP) is 4.50. The van der Waals surface area contributed by atoms with Crippen LogP contribution in [0.2, 0.25) is 0 Å². The van der Waals surface area contributed by atoms with E-state index >= 15 is 0 Å². The van der Waals surface area contributed by atoms with Crippen LogP contribution >= 0.6 is 11.3 Å². The monoisotopic (exact) mass is 372 g/mol. The molecule has 2 heterocycles. The molecular weight excluding hydrogens is 352 g/mol. The summed E-state index contributed by atoms with van der Waals surface area (Å²) in [6, 6.07) is 5.95. The Labute approximate surface area is 154 Å². The molecule has 0 atom stereocenters. The molecule has 0 unspecified atom stereocenters. The van der Waals surface area contributed by atoms with Gasteiger partial charge in [0.2, 0.25) is 11.6 Å². The molecule has 0 aliphatic heterocycles. The number of anilines is 3. The van der Waals surface area contributed by atoms with Gasteiger partial charge in [-0.1, -0.05) is 31.3 Å². The number of nitrogens with one attached hydrogen (secondary N) is 2. The van der Waals surface area contributed by atoms with Crippen LogP contribution in [0.5, 0.6) is 0 Å². The van der Waals surface area contributed by atoms with E-state index in [0.717, 1.165) is 22.2 Å². The standard InChI is InChI=1S/C17H20N6O2S/c1-10(2)6-7-18-15-14(23(24)25)16(20-9-19-15)22-17-21-12-5-4-11(3)8-13(12)26-17/h4-5,8-10H,6-7H2,1-3H3,(H2,18,19,20,21,22). The largest absolute Gasteiger partial charge is 0.364 e. The van der Waals surface area contributed by atoms with Crippen molar-refractivity contribution in [1.29, 1.82) is 0 Å². The Balaban J connectivity index is 1.89. The topological polar surface area (TPSA) is 106 Å². The van der Waals surface area contributed by atoms with E-state index in [-0.39, 0.29) is 17.3 Å². The quantitative estimate of drug-likeness (QED) is 0.464. The van der Waals surface area contributed by atoms with Crippen LogP contribution in [0.25, 0.3) is 10.2 Å². The summed E-state index contributed by atoms with van der Waals surface area (Å²) in [5, 5.41) is 18.1. The zero-order valence-corrected chi connectivity index (χ0v) is 15.6. The Morgan fingerprint density at radius 2 is 2.04 bits per heavy atom. The van der Waals surface area contributed by atoms with Crippen molar-refractivity contribution in [1.82, 2.24) is 15.0 Å². The fourth-order valence-electron chi connectivity index (χ4n) is 2.44. The summed E-state index contributed by atoms with van der Waals surface area (Å²) in [6.45, 7) is 6.81. The van der Waals surface area contributed by atoms with Crippen LogP contribution in [0.1, 0.15) is 25.8 Å². The predicted molar refractivity (Wildman–Crippen MR) is 104 cm³/mol. The molecule has 0 aliphatic carbocycles. The molecule has 0 bridgehead atoms. The highest BCUT2D eigenvalue weighted by molar-refractivity contribution is 7.22. The third-order valence-electron chi connectivity index (χ3n) is 3.79. The minimum Gasteiger partial charge on any atom is -0.364 e. The van der Waals surface area contributed by atoms with Gasteiger partial charge < -0.3 is 10.6 Å². The maximum atomic E-state index is 11.6. The van der Waals surface area contributed by atoms with Gasteiger partial charge >= 0.3 is 5.69 Å². The second-order valence-corrected chi connectivity index (χ2v) is 7.43. The molecule has 2 aromatic heterocycles. The van der Waals surface area contributed by atoms with E-state index in [0.29, 0.717) is 17.6 Å². The van der Waals surface area contributed by atoms with Gasteiger partial charge in [0, 0.05) is 6.54 Å². The van der Waals surface area contributed by atoms with Gasteiger partial charge in [-0.2, -0.15) is 0 Å². The van der Waals surface area contributed by atoms with Crippen LogP contribution in [-0.4, -0.2) is 26.4 Å². The van der Waals surface area contributed by atoms with Crippen LogP contribution in [0, 0.1) is 23.0 Å². The lowest BCUT2D eigenvalue weighted by Crippen LogP contribution is -2.10. The summed E-state index contributed by atoms with van der Waals surface area (Å²) in [6.07, 6.45) is 2.20. The molecule has 0 fully saturated rings. The van der Waals surface area contributed by atoms with Gasteiger partial charge in [0.05, 0.1) is 15.1 Å². The fourth-order valence-corrected chi connectivity index (χ4v) is 3.40. The van der Waals surface area contributed by atoms with Crippen molar-refractivity contribution in [3.05, 3.63) is 40.2 Å². The van der Waals surface area contributed by atoms with Crippen molar-refractivity contribution >= 4 is 44.0 Å². The molecule has 3 rings (SSSR count). The summed E-state index contributed by atoms with van der Waals surface area (Å²) in [4.78, 5) is 23.7. The lowest BCUT2D eigenvalue weighted by atomic mass is 10.1. The molecule has 0 saturated carbocycles. The molecular formula is C17H20N6O2S. The van der Waals surface area contributed by atoms with Gasteiger partial charge in [0.15, 0.2) is 5.13 Å². The molecule has 3 aromatic rings. The number of benzene rings is 1. The van der Waals surface area contributed by atoms with Crippen molar-refractivity contribution in [2.45, 2.75) is 27.2 Å². The Morgan fingerprint density at radius 3 is 2.77 bits per heavy atom. The first-order chi connectivity index (χ1) is 12.4. The maximum absolute atomic E-state index is 11.6. The Hall–Kier alpha value is -2.81. The number of aryl methyl sites for hydroxylation is 1. The highest BCUT2D eigenvalue weighted by Crippen LogP contribution is 2.34. The van der Waals surface area contributed by atoms with Gasteiger partial charge in [-0.3, -0.25) is 10.1 Å². The minimum atomic E-state index is -0.475. The van der Waals surface area contributed by atoms with Gasteiger partial charge in [-0.05, 0) is 37.0 Å². The molecule has 1 aromatic carbocycles. The first kappa shape index (κ1) is 18.0. The summed E-state index contributed by atoms with van der Waals surface area (Å²) in [7, 11) is 0. The third kappa shape index (κ3) is 4.05. The highest BCUT2D eigenvalue weighted by atomic mass is 32.1. The van der Waals surface area contributed by atoms with Crippen molar-refractivity contribution in [3.63, 3.8) is 0 Å². The van der Waals surface area contributed by atoms with Crippen LogP contribution < -0.4 is 10.6 Å². The smallest absolute Gasteiger partial charge is 0.353 e. The Bertz CT molecular complexity index is 940. The van der Waals surface area contributed by atoms with E-state index in [1.54, 1.807) is 0 Å². The van der Waals surface area contributed by atoms with Crippen LogP contribution in [0.15, 0.2) is 24.5 Å². The average Bonchev–Trinajstić information content (AvgIpc) is 2.95. The van der Waals surface area contributed by atoms with Crippen LogP contribution in [0.4, 0.5) is 22.5 Å². The molecule has 0 aliphatic rings. The molecule has 136 valence electrons. The highest BCUT2D eigenvalue weighted by Gasteiger charge is 2.23. The molecule has 2 N–H and O–H groups in total. The van der Waals surface area contributed by atoms with Gasteiger partial charge in [-0.25, -0.2) is 15.0 Å². The zero-order valence-electron chi connectivity index (χ0n) is 14.8. The Kier molecular flexibility index (Phi) is 5.27.